The van der Waals surface area contributed by atoms with Gasteiger partial charge >= 0.3 is 0 Å². The maximum Gasteiger partial charge on any atom is 0.00103 e. The largest absolute Gasteiger partial charge is 0.320 e. The molecule has 0 bridgehead atoms. The summed E-state index contributed by atoms with van der Waals surface area (Å²) in [5.41, 5.74) is 0. The van der Waals surface area contributed by atoms with Gasteiger partial charge in [-0.15, -0.1) is 0 Å². The van der Waals surface area contributed by atoms with Crippen molar-refractivity contribution in [1.29, 1.82) is 0 Å². The average molecular weight is 201 g/mol. The van der Waals surface area contributed by atoms with Gasteiger partial charge in [0, 0.05) is 6.04 Å². The smallest absolute Gasteiger partial charge is 0.00103 e. The van der Waals surface area contributed by atoms with Gasteiger partial charge in [0.2, 0.25) is 0 Å². The summed E-state index contributed by atoms with van der Waals surface area (Å²) in [5, 5.41) is 6.60. The second-order valence-electron chi connectivity index (χ2n) is 4.22. The molecule has 0 aliphatic carbocycles. The van der Waals surface area contributed by atoms with E-state index < -0.39 is 0 Å². The van der Waals surface area contributed by atoms with E-state index >= 15 is 0 Å². The van der Waals surface area contributed by atoms with E-state index in [1.807, 2.05) is 7.05 Å². The van der Waals surface area contributed by atoms with Crippen molar-refractivity contribution in [1.82, 2.24) is 15.5 Å². The van der Waals surface area contributed by atoms with E-state index in [0.717, 1.165) is 13.1 Å². The van der Waals surface area contributed by atoms with E-state index in [0.29, 0.717) is 6.04 Å². The summed E-state index contributed by atoms with van der Waals surface area (Å²) in [4.78, 5) is 2.40. The molecule has 3 heteroatoms. The molecule has 86 valence electrons. The molecule has 0 aliphatic heterocycles. The number of hydrogen-bond donors (Lipinski definition) is 2. The van der Waals surface area contributed by atoms with Crippen LogP contribution in [0.1, 0.15) is 26.7 Å². The Morgan fingerprint density at radius 2 is 1.64 bits per heavy atom. The van der Waals surface area contributed by atoms with Gasteiger partial charge in [0.05, 0.1) is 0 Å². The SMILES string of the molecule is CNCCCN(C)CCCNC(C)C. The number of rotatable bonds is 9. The average Bonchev–Trinajstić information content (AvgIpc) is 2.13. The fraction of sp³-hybridized carbons (Fsp3) is 1.00. The Morgan fingerprint density at radius 1 is 1.07 bits per heavy atom. The molecule has 0 aromatic heterocycles. The van der Waals surface area contributed by atoms with E-state index in [1.165, 1.54) is 25.9 Å². The normalized spacial score (nSPS) is 11.6. The number of nitrogens with one attached hydrogen (secondary N) is 2. The summed E-state index contributed by atoms with van der Waals surface area (Å²) in [7, 11) is 4.21. The molecule has 0 rings (SSSR count). The molecule has 0 fully saturated rings. The van der Waals surface area contributed by atoms with E-state index in [1.54, 1.807) is 0 Å². The van der Waals surface area contributed by atoms with Gasteiger partial charge in [-0.3, -0.25) is 0 Å². The van der Waals surface area contributed by atoms with Crippen LogP contribution < -0.4 is 10.6 Å². The van der Waals surface area contributed by atoms with Crippen LogP contribution in [0, 0.1) is 0 Å². The highest BCUT2D eigenvalue weighted by atomic mass is 15.1. The molecule has 0 spiro atoms. The zero-order valence-electron chi connectivity index (χ0n) is 10.3. The third kappa shape index (κ3) is 9.96. The van der Waals surface area contributed by atoms with E-state index in [2.05, 4.69) is 36.4 Å². The maximum atomic E-state index is 3.43. The first-order valence-corrected chi connectivity index (χ1v) is 5.73. The van der Waals surface area contributed by atoms with Crippen LogP contribution in [0.25, 0.3) is 0 Å². The fourth-order valence-electron chi connectivity index (χ4n) is 1.38. The van der Waals surface area contributed by atoms with E-state index in [9.17, 15) is 0 Å². The molecule has 0 radical (unpaired) electrons. The Balaban J connectivity index is 3.14. The molecule has 14 heavy (non-hydrogen) atoms. The zero-order chi connectivity index (χ0) is 10.8. The molecule has 0 aromatic rings. The quantitative estimate of drug-likeness (QED) is 0.543. The van der Waals surface area contributed by atoms with Crippen molar-refractivity contribution in [3.8, 4) is 0 Å². The lowest BCUT2D eigenvalue weighted by molar-refractivity contribution is 0.320. The molecule has 0 amide bonds. The first-order chi connectivity index (χ1) is 6.66. The predicted octanol–water partition coefficient (Wildman–Crippen LogP) is 0.916. The van der Waals surface area contributed by atoms with Gasteiger partial charge in [-0.1, -0.05) is 13.8 Å². The molecule has 0 heterocycles. The molecular formula is C11H27N3. The molecule has 0 aliphatic rings. The van der Waals surface area contributed by atoms with Gasteiger partial charge in [0.25, 0.3) is 0 Å². The van der Waals surface area contributed by atoms with Gasteiger partial charge in [-0.2, -0.15) is 0 Å². The highest BCUT2D eigenvalue weighted by Crippen LogP contribution is 1.89. The first-order valence-electron chi connectivity index (χ1n) is 5.73. The van der Waals surface area contributed by atoms with Gasteiger partial charge in [-0.25, -0.2) is 0 Å². The Labute approximate surface area is 89.2 Å². The highest BCUT2D eigenvalue weighted by molar-refractivity contribution is 4.57. The monoisotopic (exact) mass is 201 g/mol. The summed E-state index contributed by atoms with van der Waals surface area (Å²) < 4.78 is 0. The lowest BCUT2D eigenvalue weighted by Gasteiger charge is -2.17. The summed E-state index contributed by atoms with van der Waals surface area (Å²) in [6.07, 6.45) is 2.48. The Bertz CT molecular complexity index is 115. The first kappa shape index (κ1) is 13.9. The van der Waals surface area contributed by atoms with Crippen molar-refractivity contribution >= 4 is 0 Å². The summed E-state index contributed by atoms with van der Waals surface area (Å²) in [6.45, 7) is 9.03. The van der Waals surface area contributed by atoms with Crippen LogP contribution in [0.2, 0.25) is 0 Å². The standard InChI is InChI=1S/C11H27N3/c1-11(2)13-8-6-10-14(4)9-5-7-12-3/h11-13H,5-10H2,1-4H3. The van der Waals surface area contributed by atoms with Crippen molar-refractivity contribution in [2.24, 2.45) is 0 Å². The molecular weight excluding hydrogens is 174 g/mol. The molecule has 0 saturated carbocycles. The Morgan fingerprint density at radius 3 is 2.14 bits per heavy atom. The fourth-order valence-corrected chi connectivity index (χ4v) is 1.38. The third-order valence-electron chi connectivity index (χ3n) is 2.24. The van der Waals surface area contributed by atoms with Crippen LogP contribution in [-0.2, 0) is 0 Å². The van der Waals surface area contributed by atoms with Crippen molar-refractivity contribution in [3.63, 3.8) is 0 Å². The zero-order valence-corrected chi connectivity index (χ0v) is 10.3. The van der Waals surface area contributed by atoms with Crippen molar-refractivity contribution in [2.75, 3.05) is 40.3 Å². The van der Waals surface area contributed by atoms with Crippen LogP contribution >= 0.6 is 0 Å². The number of hydrogen-bond acceptors (Lipinski definition) is 3. The van der Waals surface area contributed by atoms with Crippen molar-refractivity contribution in [3.05, 3.63) is 0 Å². The van der Waals surface area contributed by atoms with Gasteiger partial charge < -0.3 is 15.5 Å². The summed E-state index contributed by atoms with van der Waals surface area (Å²) in [5.74, 6) is 0. The Kier molecular flexibility index (Phi) is 9.35. The number of nitrogens with zero attached hydrogens (tertiary/aromatic N) is 1. The van der Waals surface area contributed by atoms with Gasteiger partial charge in [-0.05, 0) is 53.1 Å². The van der Waals surface area contributed by atoms with Crippen LogP contribution in [-0.4, -0.2) is 51.2 Å². The Hall–Kier alpha value is -0.120. The van der Waals surface area contributed by atoms with Crippen LogP contribution in [0.3, 0.4) is 0 Å². The predicted molar refractivity (Wildman–Crippen MR) is 63.8 cm³/mol. The lowest BCUT2D eigenvalue weighted by Crippen LogP contribution is -2.29. The highest BCUT2D eigenvalue weighted by Gasteiger charge is 1.97. The molecule has 2 N–H and O–H groups in total. The molecule has 0 atom stereocenters. The van der Waals surface area contributed by atoms with Crippen LogP contribution in [0.15, 0.2) is 0 Å². The van der Waals surface area contributed by atoms with Gasteiger partial charge in [0.1, 0.15) is 0 Å². The van der Waals surface area contributed by atoms with Crippen molar-refractivity contribution < 1.29 is 0 Å². The third-order valence-corrected chi connectivity index (χ3v) is 2.24. The van der Waals surface area contributed by atoms with E-state index in [-0.39, 0.29) is 0 Å². The van der Waals surface area contributed by atoms with Crippen LogP contribution in [0.5, 0.6) is 0 Å². The van der Waals surface area contributed by atoms with Gasteiger partial charge in [0.15, 0.2) is 0 Å². The minimum Gasteiger partial charge on any atom is -0.320 e. The maximum absolute atomic E-state index is 3.43. The summed E-state index contributed by atoms with van der Waals surface area (Å²) >= 11 is 0. The lowest BCUT2D eigenvalue weighted by atomic mass is 10.3. The van der Waals surface area contributed by atoms with Crippen LogP contribution in [0.4, 0.5) is 0 Å². The minimum absolute atomic E-state index is 0.615. The molecule has 0 aromatic carbocycles. The summed E-state index contributed by atoms with van der Waals surface area (Å²) in [6, 6.07) is 0.615. The molecule has 0 saturated heterocycles. The second kappa shape index (κ2) is 9.44. The second-order valence-corrected chi connectivity index (χ2v) is 4.22. The molecule has 3 nitrogen and oxygen atoms in total. The minimum atomic E-state index is 0.615. The topological polar surface area (TPSA) is 27.3 Å². The van der Waals surface area contributed by atoms with Crippen molar-refractivity contribution in [2.45, 2.75) is 32.7 Å². The molecule has 0 unspecified atom stereocenters. The van der Waals surface area contributed by atoms with E-state index in [4.69, 9.17) is 0 Å².